The summed E-state index contributed by atoms with van der Waals surface area (Å²) < 4.78 is 0. The van der Waals surface area contributed by atoms with Gasteiger partial charge in [0, 0.05) is 12.4 Å². The molecule has 0 aliphatic carbocycles. The van der Waals surface area contributed by atoms with Crippen LogP contribution in [0.15, 0.2) is 91.8 Å². The summed E-state index contributed by atoms with van der Waals surface area (Å²) in [6.45, 7) is 3.60. The Kier molecular flexibility index (Phi) is 4.26. The molecule has 0 aliphatic rings. The van der Waals surface area contributed by atoms with E-state index < -0.39 is 0 Å². The number of hydrogen-bond acceptors (Lipinski definition) is 1. The highest BCUT2D eigenvalue weighted by molar-refractivity contribution is 5.98. The molecular formula is C21H17N. The van der Waals surface area contributed by atoms with E-state index >= 15 is 0 Å². The summed E-state index contributed by atoms with van der Waals surface area (Å²) in [5.41, 5.74) is 1.11. The zero-order chi connectivity index (χ0) is 15.2. The van der Waals surface area contributed by atoms with Crippen molar-refractivity contribution in [2.45, 2.75) is 0 Å². The first-order chi connectivity index (χ1) is 10.9. The third kappa shape index (κ3) is 3.21. The van der Waals surface area contributed by atoms with Crippen molar-refractivity contribution in [3.63, 3.8) is 0 Å². The number of pyridine rings is 1. The van der Waals surface area contributed by atoms with Crippen molar-refractivity contribution in [3.05, 3.63) is 97.3 Å². The highest BCUT2D eigenvalue weighted by Gasteiger charge is 1.95. The van der Waals surface area contributed by atoms with Crippen LogP contribution in [-0.4, -0.2) is 4.98 Å². The first-order valence-corrected chi connectivity index (χ1v) is 7.27. The van der Waals surface area contributed by atoms with Gasteiger partial charge in [-0.3, -0.25) is 4.98 Å². The SMILES string of the molecule is C=Cc1ccncc1.c1ccc2cc3ccccc3cc2c1. The minimum Gasteiger partial charge on any atom is -0.265 e. The first-order valence-electron chi connectivity index (χ1n) is 7.27. The minimum atomic E-state index is 1.11. The molecule has 1 aromatic heterocycles. The van der Waals surface area contributed by atoms with Gasteiger partial charge in [-0.05, 0) is 51.4 Å². The number of nitrogens with zero attached hydrogens (tertiary/aromatic N) is 1. The van der Waals surface area contributed by atoms with Crippen LogP contribution in [0.2, 0.25) is 0 Å². The third-order valence-corrected chi connectivity index (χ3v) is 3.56. The monoisotopic (exact) mass is 283 g/mol. The van der Waals surface area contributed by atoms with Crippen LogP contribution in [0.1, 0.15) is 5.56 Å². The molecule has 0 saturated heterocycles. The fourth-order valence-corrected chi connectivity index (χ4v) is 2.38. The maximum atomic E-state index is 3.85. The van der Waals surface area contributed by atoms with Crippen molar-refractivity contribution in [3.8, 4) is 0 Å². The van der Waals surface area contributed by atoms with E-state index in [0.717, 1.165) is 5.56 Å². The molecule has 0 radical (unpaired) electrons. The molecular weight excluding hydrogens is 266 g/mol. The summed E-state index contributed by atoms with van der Waals surface area (Å²) in [5.74, 6) is 0. The van der Waals surface area contributed by atoms with Gasteiger partial charge >= 0.3 is 0 Å². The van der Waals surface area contributed by atoms with Gasteiger partial charge in [0.25, 0.3) is 0 Å². The second-order valence-electron chi connectivity index (χ2n) is 5.03. The van der Waals surface area contributed by atoms with Crippen LogP contribution in [-0.2, 0) is 0 Å². The van der Waals surface area contributed by atoms with E-state index in [-0.39, 0.29) is 0 Å². The quantitative estimate of drug-likeness (QED) is 0.407. The van der Waals surface area contributed by atoms with Crippen LogP contribution in [0, 0.1) is 0 Å². The number of fused-ring (bicyclic) bond motifs is 2. The zero-order valence-electron chi connectivity index (χ0n) is 12.3. The molecule has 0 atom stereocenters. The molecule has 4 aromatic rings. The lowest BCUT2D eigenvalue weighted by molar-refractivity contribution is 1.32. The van der Waals surface area contributed by atoms with Gasteiger partial charge in [-0.2, -0.15) is 0 Å². The standard InChI is InChI=1S/C14H10.C7H7N/c1-2-6-12-10-14-8-4-3-7-13(14)9-11(12)5-1;1-2-7-3-5-8-6-4-7/h1-10H;2-6H,1H2. The Morgan fingerprint density at radius 2 is 1.05 bits per heavy atom. The normalized spacial score (nSPS) is 10.0. The maximum absolute atomic E-state index is 3.85. The van der Waals surface area contributed by atoms with E-state index in [4.69, 9.17) is 0 Å². The Labute approximate surface area is 130 Å². The van der Waals surface area contributed by atoms with Gasteiger partial charge in [0.2, 0.25) is 0 Å². The summed E-state index contributed by atoms with van der Waals surface area (Å²) in [5, 5.41) is 5.25. The second kappa shape index (κ2) is 6.68. The van der Waals surface area contributed by atoms with Crippen LogP contribution in [0.4, 0.5) is 0 Å². The fraction of sp³-hybridized carbons (Fsp3) is 0. The van der Waals surface area contributed by atoms with Crippen molar-refractivity contribution in [1.82, 2.24) is 4.98 Å². The van der Waals surface area contributed by atoms with Crippen molar-refractivity contribution >= 4 is 27.6 Å². The lowest BCUT2D eigenvalue weighted by atomic mass is 10.0. The van der Waals surface area contributed by atoms with E-state index in [2.05, 4.69) is 72.2 Å². The predicted molar refractivity (Wildman–Crippen MR) is 95.8 cm³/mol. The van der Waals surface area contributed by atoms with Gasteiger partial charge in [-0.15, -0.1) is 0 Å². The van der Waals surface area contributed by atoms with E-state index in [1.54, 1.807) is 18.5 Å². The number of benzene rings is 3. The molecule has 0 aliphatic heterocycles. The van der Waals surface area contributed by atoms with Crippen molar-refractivity contribution < 1.29 is 0 Å². The molecule has 0 unspecified atom stereocenters. The predicted octanol–water partition coefficient (Wildman–Crippen LogP) is 5.72. The lowest BCUT2D eigenvalue weighted by Crippen LogP contribution is -1.74. The highest BCUT2D eigenvalue weighted by atomic mass is 14.6. The van der Waals surface area contributed by atoms with Crippen molar-refractivity contribution in [2.75, 3.05) is 0 Å². The summed E-state index contributed by atoms with van der Waals surface area (Å²) in [4.78, 5) is 3.85. The van der Waals surface area contributed by atoms with E-state index in [9.17, 15) is 0 Å². The molecule has 0 amide bonds. The van der Waals surface area contributed by atoms with Crippen molar-refractivity contribution in [1.29, 1.82) is 0 Å². The molecule has 1 heteroatoms. The molecule has 0 N–H and O–H groups in total. The molecule has 0 bridgehead atoms. The van der Waals surface area contributed by atoms with Gasteiger partial charge in [-0.25, -0.2) is 0 Å². The molecule has 1 heterocycles. The van der Waals surface area contributed by atoms with Crippen LogP contribution >= 0.6 is 0 Å². The molecule has 22 heavy (non-hydrogen) atoms. The van der Waals surface area contributed by atoms with Gasteiger partial charge in [-0.1, -0.05) is 61.2 Å². The molecule has 0 saturated carbocycles. The Morgan fingerprint density at radius 1 is 0.636 bits per heavy atom. The molecule has 0 spiro atoms. The smallest absolute Gasteiger partial charge is 0.0273 e. The van der Waals surface area contributed by atoms with E-state index in [1.807, 2.05) is 12.1 Å². The molecule has 106 valence electrons. The maximum Gasteiger partial charge on any atom is 0.0273 e. The molecule has 3 aromatic carbocycles. The summed E-state index contributed by atoms with van der Waals surface area (Å²) in [6.07, 6.45) is 5.29. The van der Waals surface area contributed by atoms with E-state index in [0.29, 0.717) is 0 Å². The van der Waals surface area contributed by atoms with Gasteiger partial charge in [0.15, 0.2) is 0 Å². The summed E-state index contributed by atoms with van der Waals surface area (Å²) in [7, 11) is 0. The van der Waals surface area contributed by atoms with Gasteiger partial charge < -0.3 is 0 Å². The van der Waals surface area contributed by atoms with Gasteiger partial charge in [0.05, 0.1) is 0 Å². The number of rotatable bonds is 1. The average molecular weight is 283 g/mol. The Bertz CT molecular complexity index is 790. The first kappa shape index (κ1) is 14.0. The summed E-state index contributed by atoms with van der Waals surface area (Å²) >= 11 is 0. The Morgan fingerprint density at radius 3 is 1.36 bits per heavy atom. The minimum absolute atomic E-state index is 1.11. The van der Waals surface area contributed by atoms with Crippen LogP contribution in [0.3, 0.4) is 0 Å². The van der Waals surface area contributed by atoms with Crippen LogP contribution in [0.25, 0.3) is 27.6 Å². The molecule has 4 rings (SSSR count). The Hall–Kier alpha value is -2.93. The van der Waals surface area contributed by atoms with Crippen molar-refractivity contribution in [2.24, 2.45) is 0 Å². The highest BCUT2D eigenvalue weighted by Crippen LogP contribution is 2.21. The molecule has 0 fully saturated rings. The van der Waals surface area contributed by atoms with Gasteiger partial charge in [0.1, 0.15) is 0 Å². The lowest BCUT2D eigenvalue weighted by Gasteiger charge is -2.00. The molecule has 1 nitrogen and oxygen atoms in total. The van der Waals surface area contributed by atoms with Crippen LogP contribution < -0.4 is 0 Å². The zero-order valence-corrected chi connectivity index (χ0v) is 12.3. The second-order valence-corrected chi connectivity index (χ2v) is 5.03. The number of aromatic nitrogens is 1. The summed E-state index contributed by atoms with van der Waals surface area (Å²) in [6, 6.07) is 25.2. The van der Waals surface area contributed by atoms with Crippen LogP contribution in [0.5, 0.6) is 0 Å². The largest absolute Gasteiger partial charge is 0.265 e. The topological polar surface area (TPSA) is 12.9 Å². The fourth-order valence-electron chi connectivity index (χ4n) is 2.38. The Balaban J connectivity index is 0.000000154. The third-order valence-electron chi connectivity index (χ3n) is 3.56. The van der Waals surface area contributed by atoms with E-state index in [1.165, 1.54) is 21.5 Å². The average Bonchev–Trinajstić information content (AvgIpc) is 2.61. The number of hydrogen-bond donors (Lipinski definition) is 0.